The van der Waals surface area contributed by atoms with Gasteiger partial charge in [0.25, 0.3) is 0 Å². The highest BCUT2D eigenvalue weighted by atomic mass is 35.5. The molecule has 0 atom stereocenters. The summed E-state index contributed by atoms with van der Waals surface area (Å²) in [5.74, 6) is 0. The van der Waals surface area contributed by atoms with Crippen molar-refractivity contribution >= 4 is 11.6 Å². The SMILES string of the molecule is COC1(Cc2cccc(Cl)n2)CNC1. The maximum absolute atomic E-state index is 5.81. The van der Waals surface area contributed by atoms with Crippen molar-refractivity contribution in [3.05, 3.63) is 29.0 Å². The Morgan fingerprint density at radius 2 is 2.36 bits per heavy atom. The zero-order chi connectivity index (χ0) is 10.0. The predicted molar refractivity (Wildman–Crippen MR) is 55.6 cm³/mol. The van der Waals surface area contributed by atoms with Gasteiger partial charge in [0.2, 0.25) is 0 Å². The van der Waals surface area contributed by atoms with Crippen molar-refractivity contribution < 1.29 is 4.74 Å². The minimum Gasteiger partial charge on any atom is -0.375 e. The number of aromatic nitrogens is 1. The predicted octanol–water partition coefficient (Wildman–Crippen LogP) is 1.27. The fourth-order valence-electron chi connectivity index (χ4n) is 1.62. The van der Waals surface area contributed by atoms with Crippen LogP contribution in [0.1, 0.15) is 5.69 Å². The first-order chi connectivity index (χ1) is 6.74. The van der Waals surface area contributed by atoms with Crippen LogP contribution in [0.4, 0.5) is 0 Å². The van der Waals surface area contributed by atoms with Gasteiger partial charge in [0, 0.05) is 32.3 Å². The van der Waals surface area contributed by atoms with Crippen LogP contribution in [0.15, 0.2) is 18.2 Å². The third kappa shape index (κ3) is 1.90. The van der Waals surface area contributed by atoms with E-state index in [0.717, 1.165) is 25.2 Å². The van der Waals surface area contributed by atoms with Gasteiger partial charge in [-0.15, -0.1) is 0 Å². The highest BCUT2D eigenvalue weighted by Crippen LogP contribution is 2.21. The lowest BCUT2D eigenvalue weighted by molar-refractivity contribution is -0.0508. The van der Waals surface area contributed by atoms with Crippen LogP contribution in [-0.2, 0) is 11.2 Å². The van der Waals surface area contributed by atoms with Gasteiger partial charge in [-0.25, -0.2) is 4.98 Å². The Morgan fingerprint density at radius 1 is 1.57 bits per heavy atom. The van der Waals surface area contributed by atoms with E-state index >= 15 is 0 Å². The molecule has 0 aromatic carbocycles. The van der Waals surface area contributed by atoms with Gasteiger partial charge in [0.1, 0.15) is 5.15 Å². The molecule has 76 valence electrons. The Labute approximate surface area is 88.4 Å². The zero-order valence-corrected chi connectivity index (χ0v) is 8.84. The van der Waals surface area contributed by atoms with Gasteiger partial charge in [-0.1, -0.05) is 17.7 Å². The smallest absolute Gasteiger partial charge is 0.129 e. The Bertz CT molecular complexity index is 320. The second-order valence-corrected chi connectivity index (χ2v) is 4.01. The van der Waals surface area contributed by atoms with E-state index in [1.807, 2.05) is 12.1 Å². The van der Waals surface area contributed by atoms with Gasteiger partial charge < -0.3 is 10.1 Å². The fourth-order valence-corrected chi connectivity index (χ4v) is 1.81. The number of hydrogen-bond acceptors (Lipinski definition) is 3. The van der Waals surface area contributed by atoms with E-state index in [9.17, 15) is 0 Å². The molecule has 4 heteroatoms. The van der Waals surface area contributed by atoms with Gasteiger partial charge in [-0.3, -0.25) is 0 Å². The van der Waals surface area contributed by atoms with E-state index in [4.69, 9.17) is 16.3 Å². The van der Waals surface area contributed by atoms with Crippen LogP contribution in [0, 0.1) is 0 Å². The monoisotopic (exact) mass is 212 g/mol. The Morgan fingerprint density at radius 3 is 2.86 bits per heavy atom. The number of nitrogens with one attached hydrogen (secondary N) is 1. The van der Waals surface area contributed by atoms with E-state index in [1.54, 1.807) is 13.2 Å². The van der Waals surface area contributed by atoms with E-state index in [-0.39, 0.29) is 5.60 Å². The Hall–Kier alpha value is -0.640. The summed E-state index contributed by atoms with van der Waals surface area (Å²) < 4.78 is 5.47. The van der Waals surface area contributed by atoms with E-state index in [1.165, 1.54) is 0 Å². The van der Waals surface area contributed by atoms with Crippen molar-refractivity contribution in [3.63, 3.8) is 0 Å². The summed E-state index contributed by atoms with van der Waals surface area (Å²) in [6.45, 7) is 1.77. The van der Waals surface area contributed by atoms with Crippen LogP contribution < -0.4 is 5.32 Å². The summed E-state index contributed by atoms with van der Waals surface area (Å²) in [6, 6.07) is 5.68. The summed E-state index contributed by atoms with van der Waals surface area (Å²) in [4.78, 5) is 4.25. The van der Waals surface area contributed by atoms with Gasteiger partial charge in [0.15, 0.2) is 0 Å². The molecule has 2 heterocycles. The highest BCUT2D eigenvalue weighted by molar-refractivity contribution is 6.29. The lowest BCUT2D eigenvalue weighted by atomic mass is 9.91. The quantitative estimate of drug-likeness (QED) is 0.767. The summed E-state index contributed by atoms with van der Waals surface area (Å²) in [7, 11) is 1.74. The minimum atomic E-state index is -0.0717. The molecular formula is C10H13ClN2O. The number of nitrogens with zero attached hydrogens (tertiary/aromatic N) is 1. The average Bonchev–Trinajstić information content (AvgIpc) is 2.11. The van der Waals surface area contributed by atoms with Crippen molar-refractivity contribution in [2.45, 2.75) is 12.0 Å². The second kappa shape index (κ2) is 3.85. The number of pyridine rings is 1. The summed E-state index contributed by atoms with van der Waals surface area (Å²) >= 11 is 5.81. The molecule has 2 rings (SSSR count). The largest absolute Gasteiger partial charge is 0.375 e. The molecule has 0 saturated carbocycles. The molecule has 0 amide bonds. The molecule has 1 fully saturated rings. The van der Waals surface area contributed by atoms with Crippen LogP contribution in [0.3, 0.4) is 0 Å². The molecule has 1 N–H and O–H groups in total. The first-order valence-corrected chi connectivity index (χ1v) is 4.99. The number of halogens is 1. The number of rotatable bonds is 3. The summed E-state index contributed by atoms with van der Waals surface area (Å²) in [6.07, 6.45) is 0.817. The van der Waals surface area contributed by atoms with Crippen LogP contribution in [0.5, 0.6) is 0 Å². The van der Waals surface area contributed by atoms with Crippen LogP contribution in [-0.4, -0.2) is 30.8 Å². The molecule has 1 aliphatic rings. The Balaban J connectivity index is 2.09. The first-order valence-electron chi connectivity index (χ1n) is 4.61. The van der Waals surface area contributed by atoms with Crippen molar-refractivity contribution in [1.82, 2.24) is 10.3 Å². The minimum absolute atomic E-state index is 0.0717. The number of methoxy groups -OCH3 is 1. The molecular weight excluding hydrogens is 200 g/mol. The standard InChI is InChI=1S/C10H13ClN2O/c1-14-10(6-12-7-10)5-8-3-2-4-9(11)13-8/h2-4,12H,5-7H2,1H3. The topological polar surface area (TPSA) is 34.1 Å². The van der Waals surface area contributed by atoms with Gasteiger partial charge in [-0.05, 0) is 12.1 Å². The van der Waals surface area contributed by atoms with Gasteiger partial charge >= 0.3 is 0 Å². The molecule has 0 spiro atoms. The van der Waals surface area contributed by atoms with Crippen molar-refractivity contribution in [2.24, 2.45) is 0 Å². The molecule has 0 aliphatic carbocycles. The van der Waals surface area contributed by atoms with Crippen molar-refractivity contribution in [2.75, 3.05) is 20.2 Å². The zero-order valence-electron chi connectivity index (χ0n) is 8.09. The number of ether oxygens (including phenoxy) is 1. The summed E-state index contributed by atoms with van der Waals surface area (Å²) in [5, 5.41) is 3.74. The molecule has 1 aromatic rings. The highest BCUT2D eigenvalue weighted by Gasteiger charge is 2.37. The third-order valence-corrected chi connectivity index (χ3v) is 2.81. The molecule has 1 aliphatic heterocycles. The molecule has 0 bridgehead atoms. The van der Waals surface area contributed by atoms with Crippen molar-refractivity contribution in [3.8, 4) is 0 Å². The normalized spacial score (nSPS) is 19.0. The lowest BCUT2D eigenvalue weighted by Crippen LogP contribution is -2.62. The van der Waals surface area contributed by atoms with E-state index in [0.29, 0.717) is 5.15 Å². The maximum Gasteiger partial charge on any atom is 0.129 e. The van der Waals surface area contributed by atoms with Crippen LogP contribution in [0.25, 0.3) is 0 Å². The van der Waals surface area contributed by atoms with Gasteiger partial charge in [0.05, 0.1) is 5.60 Å². The Kier molecular flexibility index (Phi) is 2.72. The van der Waals surface area contributed by atoms with E-state index < -0.39 is 0 Å². The van der Waals surface area contributed by atoms with Crippen LogP contribution >= 0.6 is 11.6 Å². The molecule has 3 nitrogen and oxygen atoms in total. The maximum atomic E-state index is 5.81. The average molecular weight is 213 g/mol. The molecule has 0 unspecified atom stereocenters. The molecule has 1 saturated heterocycles. The lowest BCUT2D eigenvalue weighted by Gasteiger charge is -2.41. The van der Waals surface area contributed by atoms with Crippen LogP contribution in [0.2, 0.25) is 5.15 Å². The first kappa shape index (κ1) is 9.90. The third-order valence-electron chi connectivity index (χ3n) is 2.60. The summed E-state index contributed by atoms with van der Waals surface area (Å²) in [5.41, 5.74) is 0.915. The van der Waals surface area contributed by atoms with Gasteiger partial charge in [-0.2, -0.15) is 0 Å². The van der Waals surface area contributed by atoms with Crippen molar-refractivity contribution in [1.29, 1.82) is 0 Å². The second-order valence-electron chi connectivity index (χ2n) is 3.62. The number of hydrogen-bond donors (Lipinski definition) is 1. The molecule has 14 heavy (non-hydrogen) atoms. The molecule has 0 radical (unpaired) electrons. The molecule has 1 aromatic heterocycles. The van der Waals surface area contributed by atoms with E-state index in [2.05, 4.69) is 10.3 Å². The fraction of sp³-hybridized carbons (Fsp3) is 0.500.